The van der Waals surface area contributed by atoms with Crippen molar-refractivity contribution in [3.63, 3.8) is 0 Å². The predicted molar refractivity (Wildman–Crippen MR) is 85.1 cm³/mol. The average Bonchev–Trinajstić information content (AvgIpc) is 2.45. The Balaban J connectivity index is 1.86. The highest BCUT2D eigenvalue weighted by atomic mass is 79.9. The number of ketones is 1. The summed E-state index contributed by atoms with van der Waals surface area (Å²) >= 11 is 3.32. The molecule has 0 aliphatic heterocycles. The Morgan fingerprint density at radius 2 is 1.86 bits per heavy atom. The van der Waals surface area contributed by atoms with E-state index in [2.05, 4.69) is 29.8 Å². The molecule has 3 nitrogen and oxygen atoms in total. The SMILES string of the molecule is C[C@@H]1CC[C@H](C(=O)OCC(=O)c2ccc(Br)cc2)[C@@H](C)C1. The number of rotatable bonds is 4. The van der Waals surface area contributed by atoms with Crippen LogP contribution in [0.3, 0.4) is 0 Å². The van der Waals surface area contributed by atoms with Gasteiger partial charge in [-0.1, -0.05) is 41.9 Å². The van der Waals surface area contributed by atoms with Gasteiger partial charge in [0.2, 0.25) is 0 Å². The molecule has 0 unspecified atom stereocenters. The van der Waals surface area contributed by atoms with Crippen molar-refractivity contribution in [2.45, 2.75) is 33.1 Å². The highest BCUT2D eigenvalue weighted by molar-refractivity contribution is 9.10. The monoisotopic (exact) mass is 352 g/mol. The molecule has 0 bridgehead atoms. The molecule has 0 amide bonds. The zero-order valence-corrected chi connectivity index (χ0v) is 14.1. The van der Waals surface area contributed by atoms with Gasteiger partial charge in [-0.15, -0.1) is 0 Å². The standard InChI is InChI=1S/C17H21BrO3/c1-11-3-8-15(12(2)9-11)17(20)21-10-16(19)13-4-6-14(18)7-5-13/h4-7,11-12,15H,3,8-10H2,1-2H3/t11-,12+,15+/m1/s1. The number of esters is 1. The van der Waals surface area contributed by atoms with E-state index in [1.54, 1.807) is 24.3 Å². The molecule has 0 radical (unpaired) electrons. The normalized spacial score (nSPS) is 25.4. The van der Waals surface area contributed by atoms with Gasteiger partial charge in [-0.2, -0.15) is 0 Å². The van der Waals surface area contributed by atoms with Crippen LogP contribution >= 0.6 is 15.9 Å². The van der Waals surface area contributed by atoms with E-state index < -0.39 is 0 Å². The lowest BCUT2D eigenvalue weighted by molar-refractivity contribution is -0.150. The Labute approximate surface area is 134 Å². The number of halogens is 1. The van der Waals surface area contributed by atoms with Crippen LogP contribution in [0.4, 0.5) is 0 Å². The molecule has 1 fully saturated rings. The van der Waals surface area contributed by atoms with Crippen LogP contribution in [0.25, 0.3) is 0 Å². The average molecular weight is 353 g/mol. The molecular formula is C17H21BrO3. The molecule has 1 saturated carbocycles. The van der Waals surface area contributed by atoms with E-state index in [0.29, 0.717) is 17.4 Å². The van der Waals surface area contributed by atoms with Gasteiger partial charge >= 0.3 is 5.97 Å². The predicted octanol–water partition coefficient (Wildman–Crippen LogP) is 4.25. The third-order valence-corrected chi connectivity index (χ3v) is 4.77. The van der Waals surface area contributed by atoms with E-state index in [1.165, 1.54) is 0 Å². The van der Waals surface area contributed by atoms with Crippen molar-refractivity contribution in [1.29, 1.82) is 0 Å². The second kappa shape index (κ2) is 7.21. The third-order valence-electron chi connectivity index (χ3n) is 4.25. The largest absolute Gasteiger partial charge is 0.457 e. The van der Waals surface area contributed by atoms with Crippen LogP contribution in [0.2, 0.25) is 0 Å². The second-order valence-electron chi connectivity index (χ2n) is 6.04. The summed E-state index contributed by atoms with van der Waals surface area (Å²) in [6, 6.07) is 7.07. The van der Waals surface area contributed by atoms with Crippen LogP contribution in [0, 0.1) is 17.8 Å². The van der Waals surface area contributed by atoms with Crippen LogP contribution in [0.1, 0.15) is 43.5 Å². The zero-order chi connectivity index (χ0) is 15.4. The van der Waals surface area contributed by atoms with Gasteiger partial charge in [0.15, 0.2) is 12.4 Å². The highest BCUT2D eigenvalue weighted by Gasteiger charge is 2.32. The van der Waals surface area contributed by atoms with Crippen LogP contribution in [0.5, 0.6) is 0 Å². The van der Waals surface area contributed by atoms with Gasteiger partial charge < -0.3 is 4.74 Å². The summed E-state index contributed by atoms with van der Waals surface area (Å²) in [5.74, 6) is 0.573. The number of hydrogen-bond acceptors (Lipinski definition) is 3. The molecule has 1 aromatic rings. The van der Waals surface area contributed by atoms with E-state index >= 15 is 0 Å². The molecular weight excluding hydrogens is 332 g/mol. The molecule has 1 aliphatic rings. The lowest BCUT2D eigenvalue weighted by Crippen LogP contribution is -2.31. The highest BCUT2D eigenvalue weighted by Crippen LogP contribution is 2.34. The van der Waals surface area contributed by atoms with Crippen LogP contribution in [0.15, 0.2) is 28.7 Å². The molecule has 1 aliphatic carbocycles. The van der Waals surface area contributed by atoms with Crippen molar-refractivity contribution in [1.82, 2.24) is 0 Å². The Bertz CT molecular complexity index is 509. The number of benzene rings is 1. The molecule has 0 saturated heterocycles. The third kappa shape index (κ3) is 4.40. The van der Waals surface area contributed by atoms with Gasteiger partial charge in [0.05, 0.1) is 5.92 Å². The Morgan fingerprint density at radius 1 is 1.19 bits per heavy atom. The van der Waals surface area contributed by atoms with Crippen molar-refractivity contribution in [3.05, 3.63) is 34.3 Å². The first-order chi connectivity index (χ1) is 9.97. The summed E-state index contributed by atoms with van der Waals surface area (Å²) in [5.41, 5.74) is 0.566. The molecule has 21 heavy (non-hydrogen) atoms. The summed E-state index contributed by atoms with van der Waals surface area (Å²) in [6.07, 6.45) is 2.98. The summed E-state index contributed by atoms with van der Waals surface area (Å²) in [5, 5.41) is 0. The van der Waals surface area contributed by atoms with Gasteiger partial charge in [-0.3, -0.25) is 9.59 Å². The molecule has 0 N–H and O–H groups in total. The summed E-state index contributed by atoms with van der Waals surface area (Å²) < 4.78 is 6.15. The quantitative estimate of drug-likeness (QED) is 0.600. The van der Waals surface area contributed by atoms with Gasteiger partial charge in [0.25, 0.3) is 0 Å². The first-order valence-electron chi connectivity index (χ1n) is 7.42. The Kier molecular flexibility index (Phi) is 5.57. The molecule has 1 aromatic carbocycles. The van der Waals surface area contributed by atoms with Crippen molar-refractivity contribution in [2.24, 2.45) is 17.8 Å². The molecule has 114 valence electrons. The zero-order valence-electron chi connectivity index (χ0n) is 12.5. The fourth-order valence-corrected chi connectivity index (χ4v) is 3.24. The van der Waals surface area contributed by atoms with Crippen molar-refractivity contribution in [2.75, 3.05) is 6.61 Å². The fraction of sp³-hybridized carbons (Fsp3) is 0.529. The summed E-state index contributed by atoms with van der Waals surface area (Å²) in [4.78, 5) is 24.1. The molecule has 2 rings (SSSR count). The van der Waals surface area contributed by atoms with Crippen LogP contribution < -0.4 is 0 Å². The lowest BCUT2D eigenvalue weighted by atomic mass is 9.76. The summed E-state index contributed by atoms with van der Waals surface area (Å²) in [6.45, 7) is 4.15. The molecule has 4 heteroatoms. The van der Waals surface area contributed by atoms with Crippen molar-refractivity contribution in [3.8, 4) is 0 Å². The van der Waals surface area contributed by atoms with Gasteiger partial charge in [-0.25, -0.2) is 0 Å². The smallest absolute Gasteiger partial charge is 0.309 e. The first-order valence-corrected chi connectivity index (χ1v) is 8.22. The lowest BCUT2D eigenvalue weighted by Gasteiger charge is -2.30. The number of ether oxygens (including phenoxy) is 1. The molecule has 3 atom stereocenters. The summed E-state index contributed by atoms with van der Waals surface area (Å²) in [7, 11) is 0. The Morgan fingerprint density at radius 3 is 2.48 bits per heavy atom. The minimum Gasteiger partial charge on any atom is -0.457 e. The first kappa shape index (κ1) is 16.2. The van der Waals surface area contributed by atoms with Crippen LogP contribution in [-0.2, 0) is 9.53 Å². The van der Waals surface area contributed by atoms with E-state index in [0.717, 1.165) is 23.7 Å². The molecule has 0 heterocycles. The Hall–Kier alpha value is -1.16. The number of carbonyl (C=O) groups excluding carboxylic acids is 2. The number of hydrogen-bond donors (Lipinski definition) is 0. The van der Waals surface area contributed by atoms with E-state index in [9.17, 15) is 9.59 Å². The number of Topliss-reactive ketones (excluding diaryl/α,β-unsaturated/α-hetero) is 1. The fourth-order valence-electron chi connectivity index (χ4n) is 2.98. The van der Waals surface area contributed by atoms with Gasteiger partial charge in [0, 0.05) is 10.0 Å². The van der Waals surface area contributed by atoms with Crippen molar-refractivity contribution >= 4 is 27.7 Å². The molecule has 0 aromatic heterocycles. The van der Waals surface area contributed by atoms with E-state index in [1.807, 2.05) is 0 Å². The van der Waals surface area contributed by atoms with Crippen LogP contribution in [-0.4, -0.2) is 18.4 Å². The number of carbonyl (C=O) groups is 2. The molecule has 0 spiro atoms. The maximum absolute atomic E-state index is 12.1. The van der Waals surface area contributed by atoms with E-state index in [-0.39, 0.29) is 24.3 Å². The topological polar surface area (TPSA) is 43.4 Å². The maximum Gasteiger partial charge on any atom is 0.309 e. The van der Waals surface area contributed by atoms with Gasteiger partial charge in [0.1, 0.15) is 0 Å². The van der Waals surface area contributed by atoms with Gasteiger partial charge in [-0.05, 0) is 43.2 Å². The minimum absolute atomic E-state index is 0.0566. The van der Waals surface area contributed by atoms with E-state index in [4.69, 9.17) is 4.74 Å². The maximum atomic E-state index is 12.1. The second-order valence-corrected chi connectivity index (χ2v) is 6.96. The van der Waals surface area contributed by atoms with Crippen molar-refractivity contribution < 1.29 is 14.3 Å². The minimum atomic E-state index is -0.222.